The van der Waals surface area contributed by atoms with Gasteiger partial charge in [-0.1, -0.05) is 17.8 Å². The number of rotatable bonds is 6. The van der Waals surface area contributed by atoms with E-state index in [-0.39, 0.29) is 17.4 Å². The van der Waals surface area contributed by atoms with Crippen molar-refractivity contribution in [1.29, 1.82) is 0 Å². The molecule has 0 bridgehead atoms. The highest BCUT2D eigenvalue weighted by atomic mass is 32.2. The number of sulfone groups is 1. The zero-order valence-electron chi connectivity index (χ0n) is 13.1. The van der Waals surface area contributed by atoms with Gasteiger partial charge in [0.15, 0.2) is 15.0 Å². The number of allylic oxidation sites excluding steroid dienone is 1. The predicted octanol–water partition coefficient (Wildman–Crippen LogP) is 0.0417. The van der Waals surface area contributed by atoms with Crippen LogP contribution < -0.4 is 11.1 Å². The fraction of sp³-hybridized carbons (Fsp3) is 0.538. The smallest absolute Gasteiger partial charge is 0.318 e. The molecule has 1 fully saturated rings. The predicted molar refractivity (Wildman–Crippen MR) is 89.3 cm³/mol. The van der Waals surface area contributed by atoms with Gasteiger partial charge in [-0.15, -0.1) is 16.8 Å². The van der Waals surface area contributed by atoms with Crippen LogP contribution >= 0.6 is 11.8 Å². The Balaban J connectivity index is 2.20. The Morgan fingerprint density at radius 2 is 2.25 bits per heavy atom. The van der Waals surface area contributed by atoms with Crippen LogP contribution in [-0.4, -0.2) is 51.9 Å². The van der Waals surface area contributed by atoms with Crippen LogP contribution in [0, 0.1) is 0 Å². The molecule has 3 amide bonds. The molecule has 0 spiro atoms. The molecule has 1 aromatic rings. The number of hydrogen-bond donors (Lipinski definition) is 2. The third-order valence-corrected chi connectivity index (χ3v) is 6.40. The number of nitrogens with two attached hydrogens (primary N) is 1. The molecule has 1 saturated heterocycles. The van der Waals surface area contributed by atoms with E-state index in [0.717, 1.165) is 11.8 Å². The minimum absolute atomic E-state index is 0.0463. The Morgan fingerprint density at radius 1 is 1.54 bits per heavy atom. The monoisotopic (exact) mass is 373 g/mol. The molecule has 1 aliphatic rings. The number of thioether (sulfide) groups is 1. The van der Waals surface area contributed by atoms with Crippen molar-refractivity contribution >= 4 is 33.5 Å². The van der Waals surface area contributed by atoms with Gasteiger partial charge in [0, 0.05) is 12.5 Å². The molecular weight excluding hydrogens is 354 g/mol. The first-order valence-corrected chi connectivity index (χ1v) is 9.95. The van der Waals surface area contributed by atoms with Gasteiger partial charge in [0.1, 0.15) is 5.82 Å². The van der Waals surface area contributed by atoms with E-state index < -0.39 is 27.0 Å². The minimum Gasteiger partial charge on any atom is -0.351 e. The molecule has 0 saturated carbocycles. The molecule has 1 aliphatic heterocycles. The second-order valence-electron chi connectivity index (χ2n) is 5.45. The maximum atomic E-state index is 11.8. The first-order valence-electron chi connectivity index (χ1n) is 7.25. The van der Waals surface area contributed by atoms with E-state index in [9.17, 15) is 18.0 Å². The molecule has 0 unspecified atom stereocenters. The summed E-state index contributed by atoms with van der Waals surface area (Å²) in [5, 5.41) is 10.0. The lowest BCUT2D eigenvalue weighted by Gasteiger charge is -2.13. The molecule has 132 valence electrons. The van der Waals surface area contributed by atoms with E-state index in [1.165, 1.54) is 0 Å². The fourth-order valence-corrected chi connectivity index (χ4v) is 5.03. The molecule has 2 rings (SSSR count). The summed E-state index contributed by atoms with van der Waals surface area (Å²) in [5.41, 5.74) is 4.93. The maximum absolute atomic E-state index is 11.8. The average molecular weight is 373 g/mol. The molecular formula is C13H19N5O4S2. The van der Waals surface area contributed by atoms with Gasteiger partial charge in [0.2, 0.25) is 5.91 Å². The van der Waals surface area contributed by atoms with E-state index in [2.05, 4.69) is 16.8 Å². The van der Waals surface area contributed by atoms with Crippen molar-refractivity contribution in [3.63, 3.8) is 0 Å². The summed E-state index contributed by atoms with van der Waals surface area (Å²) in [6.07, 6.45) is 2.15. The molecule has 0 aliphatic carbocycles. The van der Waals surface area contributed by atoms with Gasteiger partial charge >= 0.3 is 6.03 Å². The van der Waals surface area contributed by atoms with Gasteiger partial charge in [-0.3, -0.25) is 10.1 Å². The van der Waals surface area contributed by atoms with Gasteiger partial charge in [-0.05, 0) is 13.3 Å². The SMILES string of the molecule is C=CCn1c(S[C@H](C)C(=O)NC(N)=O)nnc1[C@H]1CCS(=O)(=O)C1. The van der Waals surface area contributed by atoms with E-state index in [0.29, 0.717) is 23.9 Å². The van der Waals surface area contributed by atoms with Crippen LogP contribution in [0.4, 0.5) is 4.79 Å². The molecule has 9 nitrogen and oxygen atoms in total. The normalized spacial score (nSPS) is 20.5. The molecule has 1 aromatic heterocycles. The van der Waals surface area contributed by atoms with Gasteiger partial charge in [-0.2, -0.15) is 0 Å². The Morgan fingerprint density at radius 3 is 2.79 bits per heavy atom. The number of carbonyl (C=O) groups is 2. The van der Waals surface area contributed by atoms with Crippen molar-refractivity contribution in [2.75, 3.05) is 11.5 Å². The third-order valence-electron chi connectivity index (χ3n) is 3.55. The molecule has 0 radical (unpaired) electrons. The van der Waals surface area contributed by atoms with Crippen molar-refractivity contribution in [2.45, 2.75) is 36.2 Å². The lowest BCUT2D eigenvalue weighted by atomic mass is 10.1. The zero-order valence-corrected chi connectivity index (χ0v) is 14.8. The quantitative estimate of drug-likeness (QED) is 0.530. The summed E-state index contributed by atoms with van der Waals surface area (Å²) < 4.78 is 25.1. The molecule has 2 atom stereocenters. The van der Waals surface area contributed by atoms with Crippen LogP contribution in [0.5, 0.6) is 0 Å². The second-order valence-corrected chi connectivity index (χ2v) is 8.99. The molecule has 2 heterocycles. The zero-order chi connectivity index (χ0) is 17.9. The van der Waals surface area contributed by atoms with E-state index >= 15 is 0 Å². The van der Waals surface area contributed by atoms with Gasteiger partial charge < -0.3 is 10.3 Å². The maximum Gasteiger partial charge on any atom is 0.318 e. The minimum atomic E-state index is -3.05. The molecule has 3 N–H and O–H groups in total. The summed E-state index contributed by atoms with van der Waals surface area (Å²) in [4.78, 5) is 22.5. The largest absolute Gasteiger partial charge is 0.351 e. The summed E-state index contributed by atoms with van der Waals surface area (Å²) >= 11 is 1.11. The number of imide groups is 1. The summed E-state index contributed by atoms with van der Waals surface area (Å²) in [7, 11) is -3.05. The van der Waals surface area contributed by atoms with E-state index in [1.54, 1.807) is 17.6 Å². The average Bonchev–Trinajstić information content (AvgIpc) is 3.02. The van der Waals surface area contributed by atoms with Crippen molar-refractivity contribution in [3.05, 3.63) is 18.5 Å². The number of nitrogens with zero attached hydrogens (tertiary/aromatic N) is 3. The van der Waals surface area contributed by atoms with Crippen LogP contribution in [-0.2, 0) is 21.2 Å². The lowest BCUT2D eigenvalue weighted by molar-refractivity contribution is -0.119. The number of hydrogen-bond acceptors (Lipinski definition) is 7. The van der Waals surface area contributed by atoms with Crippen LogP contribution in [0.2, 0.25) is 0 Å². The first-order chi connectivity index (χ1) is 11.2. The molecule has 24 heavy (non-hydrogen) atoms. The number of carbonyl (C=O) groups excluding carboxylic acids is 2. The Labute approximate surface area is 144 Å². The Kier molecular flexibility index (Phi) is 5.65. The topological polar surface area (TPSA) is 137 Å². The Hall–Kier alpha value is -1.88. The highest BCUT2D eigenvalue weighted by molar-refractivity contribution is 8.00. The van der Waals surface area contributed by atoms with E-state index in [4.69, 9.17) is 5.73 Å². The van der Waals surface area contributed by atoms with Crippen LogP contribution in [0.3, 0.4) is 0 Å². The van der Waals surface area contributed by atoms with Crippen LogP contribution in [0.1, 0.15) is 25.1 Å². The van der Waals surface area contributed by atoms with E-state index in [1.807, 2.05) is 5.32 Å². The van der Waals surface area contributed by atoms with Crippen LogP contribution in [0.15, 0.2) is 17.8 Å². The van der Waals surface area contributed by atoms with Crippen molar-refractivity contribution in [3.8, 4) is 0 Å². The number of amides is 3. The number of nitrogens with one attached hydrogen (secondary N) is 1. The number of aromatic nitrogens is 3. The van der Waals surface area contributed by atoms with Crippen molar-refractivity contribution in [1.82, 2.24) is 20.1 Å². The van der Waals surface area contributed by atoms with Crippen molar-refractivity contribution in [2.24, 2.45) is 5.73 Å². The second kappa shape index (κ2) is 7.34. The standard InChI is InChI=1S/C13H19N5O4S2/c1-3-5-18-10(9-4-6-24(21,22)7-9)16-17-13(18)23-8(2)11(19)15-12(14)20/h3,8-9H,1,4-7H2,2H3,(H3,14,15,19,20)/t8-,9+/m1/s1. The van der Waals surface area contributed by atoms with Crippen molar-refractivity contribution < 1.29 is 18.0 Å². The summed E-state index contributed by atoms with van der Waals surface area (Å²) in [6.45, 7) is 5.68. The molecule has 11 heteroatoms. The highest BCUT2D eigenvalue weighted by Crippen LogP contribution is 2.31. The lowest BCUT2D eigenvalue weighted by Crippen LogP contribution is -2.39. The highest BCUT2D eigenvalue weighted by Gasteiger charge is 2.33. The fourth-order valence-electron chi connectivity index (χ4n) is 2.42. The van der Waals surface area contributed by atoms with Crippen LogP contribution in [0.25, 0.3) is 0 Å². The number of primary amides is 1. The first kappa shape index (κ1) is 18.5. The summed E-state index contributed by atoms with van der Waals surface area (Å²) in [6, 6.07) is -0.920. The van der Waals surface area contributed by atoms with Gasteiger partial charge in [-0.25, -0.2) is 13.2 Å². The van der Waals surface area contributed by atoms with Gasteiger partial charge in [0.25, 0.3) is 0 Å². The third kappa shape index (κ3) is 4.35. The molecule has 0 aromatic carbocycles. The number of urea groups is 1. The van der Waals surface area contributed by atoms with Gasteiger partial charge in [0.05, 0.1) is 16.8 Å². The Bertz CT molecular complexity index is 758. The summed E-state index contributed by atoms with van der Waals surface area (Å²) in [5.74, 6) is 0.00146.